The van der Waals surface area contributed by atoms with Crippen molar-refractivity contribution in [3.8, 4) is 11.5 Å². The van der Waals surface area contributed by atoms with Crippen LogP contribution >= 0.6 is 0 Å². The summed E-state index contributed by atoms with van der Waals surface area (Å²) in [6.45, 7) is 28.8. The molecule has 0 radical (unpaired) electrons. The summed E-state index contributed by atoms with van der Waals surface area (Å²) in [6, 6.07) is 0.636. The fourth-order valence-corrected chi connectivity index (χ4v) is 9.86. The van der Waals surface area contributed by atoms with Crippen LogP contribution in [-0.2, 0) is 59.4 Å². The average Bonchev–Trinajstić information content (AvgIpc) is 3.53. The molecule has 2 N–H and O–H groups in total. The highest BCUT2D eigenvalue weighted by molar-refractivity contribution is 6.74. The predicted molar refractivity (Wildman–Crippen MR) is 250 cm³/mol. The summed E-state index contributed by atoms with van der Waals surface area (Å²) in [5.41, 5.74) is -2.56. The van der Waals surface area contributed by atoms with E-state index in [2.05, 4.69) is 49.4 Å². The van der Waals surface area contributed by atoms with Crippen LogP contribution < -0.4 is 19.8 Å². The second kappa shape index (κ2) is 19.6. The molecule has 2 amide bonds. The number of nitrogens with zero attached hydrogens (tertiary/aromatic N) is 1. The minimum atomic E-state index is -2.48. The fraction of sp³-hybridized carbons (Fsp3) is 0.714. The highest BCUT2D eigenvalue weighted by Gasteiger charge is 2.74. The minimum absolute atomic E-state index is 0.0181. The van der Waals surface area contributed by atoms with Gasteiger partial charge in [0.15, 0.2) is 11.9 Å². The van der Waals surface area contributed by atoms with Gasteiger partial charge in [-0.05, 0) is 116 Å². The minimum Gasteiger partial charge on any atom is -0.541 e. The Morgan fingerprint density at radius 1 is 0.806 bits per heavy atom. The molecule has 1 aromatic rings. The number of rotatable bonds is 16. The summed E-state index contributed by atoms with van der Waals surface area (Å²) in [4.78, 5) is 83.8. The molecule has 2 heterocycles. The van der Waals surface area contributed by atoms with Gasteiger partial charge in [0.05, 0.1) is 37.5 Å². The zero-order valence-corrected chi connectivity index (χ0v) is 43.5. The van der Waals surface area contributed by atoms with E-state index in [-0.39, 0.29) is 42.3 Å². The van der Waals surface area contributed by atoms with Crippen molar-refractivity contribution in [2.45, 2.75) is 187 Å². The van der Waals surface area contributed by atoms with Crippen LogP contribution in [0, 0.1) is 11.8 Å². The number of likely N-dealkylation sites (N-methyl/N-ethyl adjacent to an activating group) is 1. The number of alkyl carbamates (subject to hydrolysis) is 2. The van der Waals surface area contributed by atoms with Crippen LogP contribution in [0.3, 0.4) is 0 Å². The van der Waals surface area contributed by atoms with Gasteiger partial charge in [-0.1, -0.05) is 54.5 Å². The molecule has 1 aromatic carbocycles. The van der Waals surface area contributed by atoms with Gasteiger partial charge in [0.2, 0.25) is 0 Å². The molecule has 0 saturated carbocycles. The first-order chi connectivity index (χ1) is 30.8. The Labute approximate surface area is 397 Å². The van der Waals surface area contributed by atoms with E-state index in [0.29, 0.717) is 30.9 Å². The first-order valence-corrected chi connectivity index (χ1v) is 26.4. The van der Waals surface area contributed by atoms with E-state index in [0.717, 1.165) is 11.1 Å². The Morgan fingerprint density at radius 3 is 1.82 bits per heavy atom. The predicted octanol–water partition coefficient (Wildman–Crippen LogP) is 7.41. The number of ether oxygens (including phenoxy) is 7. The molecular formula is C49H75N3O14Si. The van der Waals surface area contributed by atoms with Gasteiger partial charge in [-0.25, -0.2) is 19.2 Å². The number of carbonyl (C=O) groups is 6. The smallest absolute Gasteiger partial charge is 0.408 e. The van der Waals surface area contributed by atoms with Crippen molar-refractivity contribution in [2.75, 3.05) is 26.8 Å². The van der Waals surface area contributed by atoms with E-state index in [4.69, 9.17) is 37.6 Å². The molecule has 67 heavy (non-hydrogen) atoms. The Morgan fingerprint density at radius 2 is 1.33 bits per heavy atom. The summed E-state index contributed by atoms with van der Waals surface area (Å²) in [7, 11) is -0.519. The number of hydrogen-bond donors (Lipinski definition) is 2. The lowest BCUT2D eigenvalue weighted by atomic mass is 9.50. The van der Waals surface area contributed by atoms with Crippen LogP contribution in [0.4, 0.5) is 9.59 Å². The quantitative estimate of drug-likeness (QED) is 0.0941. The van der Waals surface area contributed by atoms with E-state index in [1.807, 2.05) is 46.9 Å². The van der Waals surface area contributed by atoms with Crippen LogP contribution in [0.1, 0.15) is 127 Å². The third kappa shape index (κ3) is 11.9. The number of piperidine rings is 1. The van der Waals surface area contributed by atoms with Gasteiger partial charge in [-0.2, -0.15) is 0 Å². The van der Waals surface area contributed by atoms with Gasteiger partial charge in [0, 0.05) is 12.0 Å². The monoisotopic (exact) mass is 958 g/mol. The standard InChI is InChI=1S/C49H75N3O14Si/c1-28(2)26-59-41(55)31(50-43(57)64-45(5,6)7)24-36(53)61-34-19-20-49(63-37(54)25-32(42(56)60-27-29(3)4)51-44(58)65-46(8,9)10)35-23-30-17-18-33(66-67(15,16)47(11,12)13)39-38(30)48(49,40(34)62-39)21-22-52(35)14/h17-19,28-29,31-32,35,40H,20-27H2,1-16H3,(H,50,57)(H,51,58)/t31-,32-,35+,40-,48-,49+/m0/s1. The van der Waals surface area contributed by atoms with Crippen molar-refractivity contribution < 1.29 is 66.4 Å². The van der Waals surface area contributed by atoms with E-state index in [1.54, 1.807) is 47.6 Å². The molecule has 5 rings (SSSR count). The molecule has 2 aliphatic heterocycles. The van der Waals surface area contributed by atoms with E-state index in [9.17, 15) is 28.8 Å². The zero-order chi connectivity index (χ0) is 50.2. The van der Waals surface area contributed by atoms with Gasteiger partial charge in [0.1, 0.15) is 40.4 Å². The molecule has 0 unspecified atom stereocenters. The topological polar surface area (TPSA) is 204 Å². The van der Waals surface area contributed by atoms with Crippen molar-refractivity contribution >= 4 is 44.4 Å². The zero-order valence-electron chi connectivity index (χ0n) is 42.5. The molecule has 1 fully saturated rings. The molecule has 374 valence electrons. The number of esters is 4. The van der Waals surface area contributed by atoms with E-state index < -0.39 is 104 Å². The molecule has 0 aromatic heterocycles. The lowest BCUT2D eigenvalue weighted by Gasteiger charge is -2.62. The summed E-state index contributed by atoms with van der Waals surface area (Å²) in [6.07, 6.45) is -1.46. The van der Waals surface area contributed by atoms with Crippen LogP contribution in [0.25, 0.3) is 0 Å². The maximum absolute atomic E-state index is 14.6. The average molecular weight is 958 g/mol. The number of nitrogens with one attached hydrogen (secondary N) is 2. The van der Waals surface area contributed by atoms with Crippen molar-refractivity contribution in [1.29, 1.82) is 0 Å². The summed E-state index contributed by atoms with van der Waals surface area (Å²) in [5.74, 6) is -2.22. The van der Waals surface area contributed by atoms with E-state index >= 15 is 0 Å². The molecule has 2 bridgehead atoms. The summed E-state index contributed by atoms with van der Waals surface area (Å²) in [5, 5.41) is 4.84. The van der Waals surface area contributed by atoms with Crippen molar-refractivity contribution in [1.82, 2.24) is 15.5 Å². The highest BCUT2D eigenvalue weighted by Crippen LogP contribution is 2.67. The third-order valence-corrected chi connectivity index (χ3v) is 17.2. The van der Waals surface area contributed by atoms with Crippen molar-refractivity contribution in [3.63, 3.8) is 0 Å². The SMILES string of the molecule is CC(C)COC(=O)[C@H](CC(=O)OC1=CC[C@@]2(OC(=O)C[C@H](NC(=O)OC(C)(C)C)C(=O)OCC(C)C)[C@H]3Cc4ccc(O[Si](C)(C)C(C)(C)C)c5c4[C@@]2(CCN3C)[C@H]1O5)NC(=O)OC(C)(C)C. The second-order valence-corrected chi connectivity index (χ2v) is 27.4. The Bertz CT molecular complexity index is 2100. The number of hydrogen-bond acceptors (Lipinski definition) is 15. The Balaban J connectivity index is 1.58. The van der Waals surface area contributed by atoms with Crippen LogP contribution in [-0.4, -0.2) is 117 Å². The molecule has 18 heteroatoms. The highest BCUT2D eigenvalue weighted by atomic mass is 28.4. The lowest BCUT2D eigenvalue weighted by molar-refractivity contribution is -0.207. The number of benzene rings is 1. The Kier molecular flexibility index (Phi) is 15.6. The van der Waals surface area contributed by atoms with E-state index in [1.165, 1.54) is 0 Å². The fourth-order valence-electron chi connectivity index (χ4n) is 8.84. The van der Waals surface area contributed by atoms with Crippen LogP contribution in [0.15, 0.2) is 24.0 Å². The molecule has 1 spiro atoms. The Hall–Kier alpha value is -4.84. The van der Waals surface area contributed by atoms with Crippen molar-refractivity contribution in [2.24, 2.45) is 11.8 Å². The first-order valence-electron chi connectivity index (χ1n) is 23.5. The maximum Gasteiger partial charge on any atom is 0.408 e. The molecule has 1 saturated heterocycles. The molecule has 17 nitrogen and oxygen atoms in total. The first kappa shape index (κ1) is 53.1. The summed E-state index contributed by atoms with van der Waals surface area (Å²) >= 11 is 0. The number of likely N-dealkylation sites (tertiary alicyclic amines) is 1. The normalized spacial score (nSPS) is 23.1. The number of amides is 2. The molecular weight excluding hydrogens is 883 g/mol. The third-order valence-electron chi connectivity index (χ3n) is 12.8. The molecule has 4 aliphatic rings. The molecule has 6 atom stereocenters. The van der Waals surface area contributed by atoms with Crippen LogP contribution in [0.2, 0.25) is 18.1 Å². The van der Waals surface area contributed by atoms with Gasteiger partial charge < -0.3 is 48.2 Å². The maximum atomic E-state index is 14.6. The lowest BCUT2D eigenvalue weighted by Crippen LogP contribution is -2.75. The molecule has 2 aliphatic carbocycles. The van der Waals surface area contributed by atoms with Gasteiger partial charge >= 0.3 is 36.1 Å². The second-order valence-electron chi connectivity index (χ2n) is 22.7. The largest absolute Gasteiger partial charge is 0.541 e. The summed E-state index contributed by atoms with van der Waals surface area (Å²) < 4.78 is 48.9. The van der Waals surface area contributed by atoms with Crippen LogP contribution in [0.5, 0.6) is 11.5 Å². The number of carbonyl (C=O) groups excluding carboxylic acids is 6. The van der Waals surface area contributed by atoms with Gasteiger partial charge in [-0.3, -0.25) is 14.5 Å². The van der Waals surface area contributed by atoms with Crippen molar-refractivity contribution in [3.05, 3.63) is 35.1 Å². The van der Waals surface area contributed by atoms with Gasteiger partial charge in [-0.15, -0.1) is 0 Å². The van der Waals surface area contributed by atoms with Gasteiger partial charge in [0.25, 0.3) is 8.32 Å².